The van der Waals surface area contributed by atoms with Crippen molar-refractivity contribution in [1.82, 2.24) is 25.0 Å². The van der Waals surface area contributed by atoms with Crippen LogP contribution in [0.4, 0.5) is 5.82 Å². The average molecular weight is 394 g/mol. The second-order valence-corrected chi connectivity index (χ2v) is 7.64. The summed E-state index contributed by atoms with van der Waals surface area (Å²) >= 11 is 0. The number of rotatable bonds is 4. The number of hydrogen-bond donors (Lipinski definition) is 0. The lowest BCUT2D eigenvalue weighted by molar-refractivity contribution is 0.561. The van der Waals surface area contributed by atoms with Gasteiger partial charge in [-0.15, -0.1) is 5.10 Å². The number of fused-ring (bicyclic) bond motifs is 3. The van der Waals surface area contributed by atoms with Crippen LogP contribution in [0.15, 0.2) is 73.1 Å². The Balaban J connectivity index is 1.67. The molecule has 0 aliphatic carbocycles. The van der Waals surface area contributed by atoms with E-state index in [-0.39, 0.29) is 6.04 Å². The van der Waals surface area contributed by atoms with Gasteiger partial charge >= 0.3 is 0 Å². The van der Waals surface area contributed by atoms with Gasteiger partial charge in [-0.05, 0) is 42.3 Å². The monoisotopic (exact) mass is 394 g/mol. The van der Waals surface area contributed by atoms with Crippen molar-refractivity contribution in [3.63, 3.8) is 0 Å². The second kappa shape index (κ2) is 7.22. The maximum Gasteiger partial charge on any atom is 0.132 e. The molecule has 0 fully saturated rings. The zero-order valence-corrected chi connectivity index (χ0v) is 17.2. The fourth-order valence-electron chi connectivity index (χ4n) is 3.77. The highest BCUT2D eigenvalue weighted by Crippen LogP contribution is 2.30. The molecule has 0 aliphatic heterocycles. The third-order valence-corrected chi connectivity index (χ3v) is 5.49. The molecule has 0 unspecified atom stereocenters. The van der Waals surface area contributed by atoms with Crippen molar-refractivity contribution < 1.29 is 0 Å². The van der Waals surface area contributed by atoms with Gasteiger partial charge in [0.1, 0.15) is 16.9 Å². The van der Waals surface area contributed by atoms with E-state index in [0.717, 1.165) is 38.9 Å². The molecule has 0 saturated heterocycles. The number of pyridine rings is 2. The van der Waals surface area contributed by atoms with E-state index in [0.29, 0.717) is 0 Å². The summed E-state index contributed by atoms with van der Waals surface area (Å²) in [5.74, 6) is 0.933. The van der Waals surface area contributed by atoms with Crippen molar-refractivity contribution in [2.24, 2.45) is 0 Å². The van der Waals surface area contributed by atoms with E-state index in [2.05, 4.69) is 63.6 Å². The highest BCUT2D eigenvalue weighted by atomic mass is 15.4. The van der Waals surface area contributed by atoms with Crippen molar-refractivity contribution >= 4 is 27.8 Å². The first-order valence-corrected chi connectivity index (χ1v) is 9.94. The van der Waals surface area contributed by atoms with Crippen LogP contribution in [0.5, 0.6) is 0 Å². The summed E-state index contributed by atoms with van der Waals surface area (Å²) in [7, 11) is 3.98. The average Bonchev–Trinajstić information content (AvgIpc) is 3.23. The summed E-state index contributed by atoms with van der Waals surface area (Å²) in [4.78, 5) is 11.1. The van der Waals surface area contributed by atoms with Gasteiger partial charge in [0, 0.05) is 31.2 Å². The predicted molar refractivity (Wildman–Crippen MR) is 121 cm³/mol. The molecule has 0 N–H and O–H groups in total. The maximum absolute atomic E-state index is 4.59. The molecule has 0 spiro atoms. The summed E-state index contributed by atoms with van der Waals surface area (Å²) < 4.78 is 1.99. The lowest BCUT2D eigenvalue weighted by atomic mass is 10.0. The highest BCUT2D eigenvalue weighted by molar-refractivity contribution is 6.03. The van der Waals surface area contributed by atoms with E-state index >= 15 is 0 Å². The third-order valence-electron chi connectivity index (χ3n) is 5.49. The molecule has 148 valence electrons. The van der Waals surface area contributed by atoms with Crippen molar-refractivity contribution in [2.45, 2.75) is 13.0 Å². The van der Waals surface area contributed by atoms with E-state index < -0.39 is 0 Å². The number of anilines is 1. The summed E-state index contributed by atoms with van der Waals surface area (Å²) in [5.41, 5.74) is 6.06. The second-order valence-electron chi connectivity index (χ2n) is 7.64. The summed E-state index contributed by atoms with van der Waals surface area (Å²) in [6.07, 6.45) is 3.71. The van der Waals surface area contributed by atoms with Crippen molar-refractivity contribution in [2.75, 3.05) is 19.0 Å². The van der Waals surface area contributed by atoms with Crippen molar-refractivity contribution in [3.05, 3.63) is 78.6 Å². The van der Waals surface area contributed by atoms with Gasteiger partial charge in [-0.2, -0.15) is 0 Å². The molecule has 0 radical (unpaired) electrons. The smallest absolute Gasteiger partial charge is 0.132 e. The summed E-state index contributed by atoms with van der Waals surface area (Å²) in [5, 5.41) is 9.88. The van der Waals surface area contributed by atoms with Crippen LogP contribution in [-0.4, -0.2) is 39.1 Å². The van der Waals surface area contributed by atoms with Gasteiger partial charge in [-0.1, -0.05) is 41.6 Å². The summed E-state index contributed by atoms with van der Waals surface area (Å²) in [6, 6.07) is 20.8. The normalized spacial score (nSPS) is 12.4. The van der Waals surface area contributed by atoms with Crippen LogP contribution in [0.3, 0.4) is 0 Å². The molecule has 0 amide bonds. The Morgan fingerprint density at radius 2 is 1.63 bits per heavy atom. The van der Waals surface area contributed by atoms with Gasteiger partial charge in [0.05, 0.1) is 17.8 Å². The van der Waals surface area contributed by atoms with Crippen LogP contribution < -0.4 is 4.90 Å². The molecule has 0 saturated carbocycles. The van der Waals surface area contributed by atoms with Gasteiger partial charge < -0.3 is 4.90 Å². The summed E-state index contributed by atoms with van der Waals surface area (Å²) in [6.45, 7) is 2.14. The molecule has 6 heteroatoms. The Kier molecular flexibility index (Phi) is 4.39. The topological polar surface area (TPSA) is 59.7 Å². The molecule has 3 heterocycles. The number of benzene rings is 2. The molecule has 0 bridgehead atoms. The van der Waals surface area contributed by atoms with Crippen LogP contribution in [0.25, 0.3) is 33.1 Å². The standard InChI is InChI=1S/C24H22N6/c1-16(17-7-5-4-6-8-17)30-24-20-13-18(19-10-12-23(26-14-19)29(2)3)9-11-21(20)25-15-22(24)27-28-30/h4-16H,1-3H3/t16-/m0/s1. The molecule has 2 aromatic carbocycles. The fourth-order valence-corrected chi connectivity index (χ4v) is 3.77. The first kappa shape index (κ1) is 18.2. The molecular weight excluding hydrogens is 372 g/mol. The van der Waals surface area contributed by atoms with Crippen LogP contribution in [0.2, 0.25) is 0 Å². The molecule has 6 nitrogen and oxygen atoms in total. The first-order chi connectivity index (χ1) is 14.6. The fraction of sp³-hybridized carbons (Fsp3) is 0.167. The van der Waals surface area contributed by atoms with Crippen LogP contribution >= 0.6 is 0 Å². The number of nitrogens with zero attached hydrogens (tertiary/aromatic N) is 6. The van der Waals surface area contributed by atoms with E-state index in [1.807, 2.05) is 54.1 Å². The molecule has 3 aromatic heterocycles. The predicted octanol–water partition coefficient (Wildman–Crippen LogP) is 4.72. The Hall–Kier alpha value is -3.80. The number of hydrogen-bond acceptors (Lipinski definition) is 5. The Morgan fingerprint density at radius 1 is 0.833 bits per heavy atom. The zero-order valence-electron chi connectivity index (χ0n) is 17.2. The third kappa shape index (κ3) is 3.06. The van der Waals surface area contributed by atoms with E-state index in [9.17, 15) is 0 Å². The maximum atomic E-state index is 4.59. The van der Waals surface area contributed by atoms with Gasteiger partial charge in [0.2, 0.25) is 0 Å². The van der Waals surface area contributed by atoms with Crippen molar-refractivity contribution in [3.8, 4) is 11.1 Å². The zero-order chi connectivity index (χ0) is 20.7. The Labute approximate surface area is 174 Å². The quantitative estimate of drug-likeness (QED) is 0.442. The molecule has 5 aromatic rings. The van der Waals surface area contributed by atoms with Gasteiger partial charge in [-0.25, -0.2) is 9.67 Å². The molecule has 0 aliphatic rings. The molecular formula is C24H22N6. The van der Waals surface area contributed by atoms with Gasteiger partial charge in [0.25, 0.3) is 0 Å². The molecule has 30 heavy (non-hydrogen) atoms. The Bertz CT molecular complexity index is 1320. The first-order valence-electron chi connectivity index (χ1n) is 9.94. The largest absolute Gasteiger partial charge is 0.363 e. The minimum absolute atomic E-state index is 0.0616. The molecule has 5 rings (SSSR count). The Morgan fingerprint density at radius 3 is 2.37 bits per heavy atom. The van der Waals surface area contributed by atoms with Crippen LogP contribution in [-0.2, 0) is 0 Å². The lowest BCUT2D eigenvalue weighted by Crippen LogP contribution is -2.10. The minimum atomic E-state index is 0.0616. The van der Waals surface area contributed by atoms with Crippen LogP contribution in [0.1, 0.15) is 18.5 Å². The van der Waals surface area contributed by atoms with E-state index in [1.165, 1.54) is 5.56 Å². The SMILES string of the molecule is C[C@@H](c1ccccc1)n1nnc2cnc3ccc(-c4ccc(N(C)C)nc4)cc3c21. The van der Waals surface area contributed by atoms with E-state index in [4.69, 9.17) is 0 Å². The number of aromatic nitrogens is 5. The molecule has 1 atom stereocenters. The minimum Gasteiger partial charge on any atom is -0.363 e. The highest BCUT2D eigenvalue weighted by Gasteiger charge is 2.16. The van der Waals surface area contributed by atoms with Crippen LogP contribution in [0, 0.1) is 0 Å². The van der Waals surface area contributed by atoms with Crippen molar-refractivity contribution in [1.29, 1.82) is 0 Å². The lowest BCUT2D eigenvalue weighted by Gasteiger charge is -2.14. The van der Waals surface area contributed by atoms with Gasteiger partial charge in [0.15, 0.2) is 0 Å². The van der Waals surface area contributed by atoms with E-state index in [1.54, 1.807) is 6.20 Å². The van der Waals surface area contributed by atoms with Gasteiger partial charge in [-0.3, -0.25) is 4.98 Å².